The van der Waals surface area contributed by atoms with Crippen LogP contribution in [0.5, 0.6) is 0 Å². The van der Waals surface area contributed by atoms with Gasteiger partial charge in [0.2, 0.25) is 5.95 Å². The molecule has 15 heavy (non-hydrogen) atoms. The molecule has 2 atom stereocenters. The Kier molecular flexibility index (Phi) is 1.84. The number of fused-ring (bicyclic) bond motifs is 2. The summed E-state index contributed by atoms with van der Waals surface area (Å²) in [6.45, 7) is 1.07. The van der Waals surface area contributed by atoms with E-state index < -0.39 is 0 Å². The molecule has 2 heterocycles. The van der Waals surface area contributed by atoms with Crippen molar-refractivity contribution in [2.45, 2.75) is 25.3 Å². The first kappa shape index (κ1) is 8.66. The van der Waals surface area contributed by atoms with Gasteiger partial charge in [0.1, 0.15) is 11.8 Å². The molecule has 2 unspecified atom stereocenters. The molecule has 1 saturated heterocycles. The largest absolute Gasteiger partial charge is 0.338 e. The van der Waals surface area contributed by atoms with Crippen molar-refractivity contribution >= 4 is 5.95 Å². The maximum Gasteiger partial charge on any atom is 0.226 e. The lowest BCUT2D eigenvalue weighted by molar-refractivity contribution is 0.546. The van der Waals surface area contributed by atoms with Gasteiger partial charge in [-0.05, 0) is 31.2 Å². The first-order chi connectivity index (χ1) is 7.36. The standard InChI is InChI=1S/C11H12N4/c12-6-9-3-4-13-11(14-9)15-7-8-1-2-10(15)5-8/h3-4,8,10H,1-2,5,7H2. The Morgan fingerprint density at radius 2 is 2.40 bits per heavy atom. The van der Waals surface area contributed by atoms with Crippen molar-refractivity contribution < 1.29 is 0 Å². The molecule has 2 bridgehead atoms. The van der Waals surface area contributed by atoms with E-state index in [1.54, 1.807) is 12.3 Å². The van der Waals surface area contributed by atoms with Crippen LogP contribution in [0.1, 0.15) is 25.0 Å². The van der Waals surface area contributed by atoms with Gasteiger partial charge in [-0.1, -0.05) is 0 Å². The molecular weight excluding hydrogens is 188 g/mol. The number of piperidine rings is 1. The lowest BCUT2D eigenvalue weighted by Gasteiger charge is -2.26. The van der Waals surface area contributed by atoms with Crippen LogP contribution in [0.25, 0.3) is 0 Å². The molecule has 2 fully saturated rings. The number of nitriles is 1. The quantitative estimate of drug-likeness (QED) is 0.686. The Bertz CT molecular complexity index is 423. The normalized spacial score (nSPS) is 28.1. The SMILES string of the molecule is N#Cc1ccnc(N2CC3CCC2C3)n1. The van der Waals surface area contributed by atoms with Crippen LogP contribution in [-0.2, 0) is 0 Å². The van der Waals surface area contributed by atoms with Gasteiger partial charge in [0, 0.05) is 18.8 Å². The minimum Gasteiger partial charge on any atom is -0.338 e. The van der Waals surface area contributed by atoms with Crippen LogP contribution in [0.15, 0.2) is 12.3 Å². The van der Waals surface area contributed by atoms with E-state index in [9.17, 15) is 0 Å². The predicted molar refractivity (Wildman–Crippen MR) is 55.2 cm³/mol. The summed E-state index contributed by atoms with van der Waals surface area (Å²) in [5.74, 6) is 1.56. The van der Waals surface area contributed by atoms with Gasteiger partial charge in [0.05, 0.1) is 0 Å². The van der Waals surface area contributed by atoms with E-state index in [-0.39, 0.29) is 0 Å². The van der Waals surface area contributed by atoms with Crippen molar-refractivity contribution in [3.05, 3.63) is 18.0 Å². The predicted octanol–water partition coefficient (Wildman–Crippen LogP) is 1.34. The third kappa shape index (κ3) is 1.35. The second-order valence-corrected chi connectivity index (χ2v) is 4.34. The maximum atomic E-state index is 8.78. The van der Waals surface area contributed by atoms with E-state index in [1.165, 1.54) is 19.3 Å². The highest BCUT2D eigenvalue weighted by Gasteiger charge is 2.38. The van der Waals surface area contributed by atoms with Crippen molar-refractivity contribution in [1.29, 1.82) is 5.26 Å². The second-order valence-electron chi connectivity index (χ2n) is 4.34. The summed E-state index contributed by atoms with van der Waals surface area (Å²) in [6.07, 6.45) is 5.55. The van der Waals surface area contributed by atoms with Crippen molar-refractivity contribution in [2.75, 3.05) is 11.4 Å². The van der Waals surface area contributed by atoms with E-state index in [1.807, 2.05) is 0 Å². The zero-order chi connectivity index (χ0) is 10.3. The monoisotopic (exact) mass is 200 g/mol. The molecule has 1 saturated carbocycles. The Morgan fingerprint density at radius 1 is 1.47 bits per heavy atom. The van der Waals surface area contributed by atoms with Crippen LogP contribution in [0.2, 0.25) is 0 Å². The Balaban J connectivity index is 1.90. The number of rotatable bonds is 1. The van der Waals surface area contributed by atoms with Gasteiger partial charge in [-0.15, -0.1) is 0 Å². The van der Waals surface area contributed by atoms with Gasteiger partial charge in [0.25, 0.3) is 0 Å². The Morgan fingerprint density at radius 3 is 3.07 bits per heavy atom. The summed E-state index contributed by atoms with van der Waals surface area (Å²) >= 11 is 0. The molecule has 0 spiro atoms. The van der Waals surface area contributed by atoms with Crippen LogP contribution in [0.3, 0.4) is 0 Å². The first-order valence-corrected chi connectivity index (χ1v) is 5.36. The Hall–Kier alpha value is -1.63. The van der Waals surface area contributed by atoms with Crippen LogP contribution < -0.4 is 4.90 Å². The molecular formula is C11H12N4. The summed E-state index contributed by atoms with van der Waals surface area (Å²) < 4.78 is 0. The fraction of sp³-hybridized carbons (Fsp3) is 0.545. The number of aromatic nitrogens is 2. The molecule has 1 aliphatic heterocycles. The van der Waals surface area contributed by atoms with Gasteiger partial charge in [-0.3, -0.25) is 0 Å². The first-order valence-electron chi connectivity index (χ1n) is 5.36. The number of hydrogen-bond acceptors (Lipinski definition) is 4. The van der Waals surface area contributed by atoms with Gasteiger partial charge in [-0.25, -0.2) is 9.97 Å². The maximum absolute atomic E-state index is 8.78. The molecule has 2 aliphatic rings. The van der Waals surface area contributed by atoms with E-state index in [0.717, 1.165) is 18.4 Å². The third-order valence-electron chi connectivity index (χ3n) is 3.42. The van der Waals surface area contributed by atoms with Crippen molar-refractivity contribution in [1.82, 2.24) is 9.97 Å². The zero-order valence-electron chi connectivity index (χ0n) is 8.43. The molecule has 0 amide bonds. The van der Waals surface area contributed by atoms with E-state index in [0.29, 0.717) is 11.7 Å². The molecule has 0 aromatic carbocycles. The van der Waals surface area contributed by atoms with Crippen LogP contribution in [-0.4, -0.2) is 22.6 Å². The van der Waals surface area contributed by atoms with Crippen molar-refractivity contribution in [2.24, 2.45) is 5.92 Å². The molecule has 0 N–H and O–H groups in total. The zero-order valence-corrected chi connectivity index (χ0v) is 8.43. The molecule has 1 aliphatic carbocycles. The molecule has 1 aromatic heterocycles. The minimum absolute atomic E-state index is 0.461. The summed E-state index contributed by atoms with van der Waals surface area (Å²) in [5.41, 5.74) is 0.461. The lowest BCUT2D eigenvalue weighted by Crippen LogP contribution is -2.33. The van der Waals surface area contributed by atoms with Crippen LogP contribution in [0.4, 0.5) is 5.95 Å². The smallest absolute Gasteiger partial charge is 0.226 e. The van der Waals surface area contributed by atoms with Crippen molar-refractivity contribution in [3.8, 4) is 6.07 Å². The highest BCUT2D eigenvalue weighted by atomic mass is 15.3. The second kappa shape index (κ2) is 3.20. The van der Waals surface area contributed by atoms with E-state index >= 15 is 0 Å². The van der Waals surface area contributed by atoms with Gasteiger partial charge >= 0.3 is 0 Å². The van der Waals surface area contributed by atoms with E-state index in [2.05, 4.69) is 20.9 Å². The molecule has 4 heteroatoms. The summed E-state index contributed by atoms with van der Waals surface area (Å²) in [4.78, 5) is 10.8. The summed E-state index contributed by atoms with van der Waals surface area (Å²) in [5, 5.41) is 8.78. The molecule has 0 radical (unpaired) electrons. The topological polar surface area (TPSA) is 52.8 Å². The molecule has 1 aromatic rings. The number of nitrogens with zero attached hydrogens (tertiary/aromatic N) is 4. The van der Waals surface area contributed by atoms with E-state index in [4.69, 9.17) is 5.26 Å². The van der Waals surface area contributed by atoms with Crippen LogP contribution in [0, 0.1) is 17.2 Å². The Labute approximate surface area is 88.6 Å². The van der Waals surface area contributed by atoms with Gasteiger partial charge in [-0.2, -0.15) is 5.26 Å². The fourth-order valence-corrected chi connectivity index (χ4v) is 2.72. The van der Waals surface area contributed by atoms with Crippen molar-refractivity contribution in [3.63, 3.8) is 0 Å². The highest BCUT2D eigenvalue weighted by molar-refractivity contribution is 5.37. The molecule has 76 valence electrons. The average molecular weight is 200 g/mol. The summed E-state index contributed by atoms with van der Waals surface area (Å²) in [7, 11) is 0. The fourth-order valence-electron chi connectivity index (χ4n) is 2.72. The lowest BCUT2D eigenvalue weighted by atomic mass is 10.1. The van der Waals surface area contributed by atoms with Gasteiger partial charge < -0.3 is 4.90 Å². The average Bonchev–Trinajstić information content (AvgIpc) is 2.91. The van der Waals surface area contributed by atoms with Gasteiger partial charge in [0.15, 0.2) is 0 Å². The third-order valence-corrected chi connectivity index (χ3v) is 3.42. The summed E-state index contributed by atoms with van der Waals surface area (Å²) in [6, 6.07) is 4.32. The molecule has 4 nitrogen and oxygen atoms in total. The highest BCUT2D eigenvalue weighted by Crippen LogP contribution is 2.38. The number of anilines is 1. The minimum atomic E-state index is 0.461. The number of hydrogen-bond donors (Lipinski definition) is 0. The van der Waals surface area contributed by atoms with Crippen LogP contribution >= 0.6 is 0 Å². The molecule has 3 rings (SSSR count).